The summed E-state index contributed by atoms with van der Waals surface area (Å²) in [6.07, 6.45) is 1.96. The number of nitrogens with one attached hydrogen (secondary N) is 1. The summed E-state index contributed by atoms with van der Waals surface area (Å²) in [5.41, 5.74) is 2.48. The number of aryl methyl sites for hydroxylation is 1. The first-order valence-electron chi connectivity index (χ1n) is 7.52. The molecule has 112 valence electrons. The predicted octanol–water partition coefficient (Wildman–Crippen LogP) is 4.46. The van der Waals surface area contributed by atoms with E-state index in [0.717, 1.165) is 47.4 Å². The molecule has 4 heteroatoms. The van der Waals surface area contributed by atoms with Crippen LogP contribution in [-0.2, 0) is 12.2 Å². The minimum atomic E-state index is 0.861. The highest BCUT2D eigenvalue weighted by molar-refractivity contribution is 7.98. The van der Waals surface area contributed by atoms with Crippen molar-refractivity contribution in [1.29, 1.82) is 0 Å². The molecule has 0 saturated heterocycles. The van der Waals surface area contributed by atoms with Crippen LogP contribution in [-0.4, -0.2) is 16.5 Å². The fraction of sp³-hybridized carbons (Fsp3) is 0.412. The summed E-state index contributed by atoms with van der Waals surface area (Å²) in [6, 6.07) is 10.5. The number of hydrogen-bond acceptors (Lipinski definition) is 4. The van der Waals surface area contributed by atoms with E-state index >= 15 is 0 Å². The van der Waals surface area contributed by atoms with E-state index in [1.165, 1.54) is 5.56 Å². The highest BCUT2D eigenvalue weighted by Gasteiger charge is 2.10. The zero-order valence-electron chi connectivity index (χ0n) is 13.0. The second kappa shape index (κ2) is 8.03. The zero-order valence-corrected chi connectivity index (χ0v) is 13.8. The normalized spacial score (nSPS) is 10.6. The zero-order chi connectivity index (χ0) is 15.1. The van der Waals surface area contributed by atoms with E-state index in [-0.39, 0.29) is 0 Å². The standard InChI is InChI=1S/C17H23N3S/c1-4-11-18-16-13(3)17(20-15(5-2)19-16)21-12-14-9-7-6-8-10-14/h6-10H,4-5,11-12H2,1-3H3,(H,18,19,20). The molecule has 2 rings (SSSR count). The maximum atomic E-state index is 4.69. The van der Waals surface area contributed by atoms with E-state index in [9.17, 15) is 0 Å². The molecule has 0 aliphatic rings. The first kappa shape index (κ1) is 15.8. The third-order valence-corrected chi connectivity index (χ3v) is 4.37. The van der Waals surface area contributed by atoms with Gasteiger partial charge in [-0.05, 0) is 18.9 Å². The molecule has 0 aliphatic carbocycles. The Morgan fingerprint density at radius 2 is 1.86 bits per heavy atom. The highest BCUT2D eigenvalue weighted by Crippen LogP contribution is 2.28. The Kier molecular flexibility index (Phi) is 6.05. The molecule has 0 saturated carbocycles. The van der Waals surface area contributed by atoms with Crippen molar-refractivity contribution < 1.29 is 0 Å². The van der Waals surface area contributed by atoms with Crippen LogP contribution >= 0.6 is 11.8 Å². The van der Waals surface area contributed by atoms with E-state index < -0.39 is 0 Å². The fourth-order valence-electron chi connectivity index (χ4n) is 1.98. The number of benzene rings is 1. The Bertz CT molecular complexity index is 570. The SMILES string of the molecule is CCCNc1nc(CC)nc(SCc2ccccc2)c1C. The number of thioether (sulfide) groups is 1. The molecule has 3 nitrogen and oxygen atoms in total. The molecule has 0 fully saturated rings. The van der Waals surface area contributed by atoms with Crippen LogP contribution in [0.5, 0.6) is 0 Å². The van der Waals surface area contributed by atoms with Crippen molar-refractivity contribution in [3.8, 4) is 0 Å². The predicted molar refractivity (Wildman–Crippen MR) is 90.9 cm³/mol. The van der Waals surface area contributed by atoms with Crippen LogP contribution in [0.3, 0.4) is 0 Å². The van der Waals surface area contributed by atoms with Gasteiger partial charge in [-0.15, -0.1) is 11.8 Å². The summed E-state index contributed by atoms with van der Waals surface area (Å²) >= 11 is 1.79. The van der Waals surface area contributed by atoms with E-state index in [0.29, 0.717) is 0 Å². The summed E-state index contributed by atoms with van der Waals surface area (Å²) < 4.78 is 0. The van der Waals surface area contributed by atoms with Gasteiger partial charge in [-0.3, -0.25) is 0 Å². The Morgan fingerprint density at radius 3 is 2.52 bits per heavy atom. The number of nitrogens with zero attached hydrogens (tertiary/aromatic N) is 2. The first-order chi connectivity index (χ1) is 10.2. The first-order valence-corrected chi connectivity index (χ1v) is 8.51. The van der Waals surface area contributed by atoms with Gasteiger partial charge >= 0.3 is 0 Å². The molecule has 0 aliphatic heterocycles. The average Bonchev–Trinajstić information content (AvgIpc) is 2.53. The lowest BCUT2D eigenvalue weighted by atomic mass is 10.2. The van der Waals surface area contributed by atoms with Crippen molar-refractivity contribution in [3.05, 3.63) is 47.3 Å². The number of aromatic nitrogens is 2. The Balaban J connectivity index is 2.17. The van der Waals surface area contributed by atoms with Gasteiger partial charge in [-0.2, -0.15) is 0 Å². The monoisotopic (exact) mass is 301 g/mol. The molecule has 0 unspecified atom stereocenters. The summed E-state index contributed by atoms with van der Waals surface area (Å²) in [6.45, 7) is 7.31. The van der Waals surface area contributed by atoms with E-state index in [1.807, 2.05) is 6.07 Å². The largest absolute Gasteiger partial charge is 0.370 e. The quantitative estimate of drug-likeness (QED) is 0.605. The molecular formula is C17H23N3S. The van der Waals surface area contributed by atoms with E-state index in [1.54, 1.807) is 11.8 Å². The Hall–Kier alpha value is -1.55. The molecule has 0 spiro atoms. The molecule has 2 aromatic rings. The minimum absolute atomic E-state index is 0.861. The second-order valence-electron chi connectivity index (χ2n) is 4.97. The number of hydrogen-bond donors (Lipinski definition) is 1. The van der Waals surface area contributed by atoms with Crippen LogP contribution in [0.2, 0.25) is 0 Å². The third kappa shape index (κ3) is 4.46. The maximum Gasteiger partial charge on any atom is 0.133 e. The van der Waals surface area contributed by atoms with Gasteiger partial charge in [0.15, 0.2) is 0 Å². The van der Waals surface area contributed by atoms with Crippen molar-refractivity contribution in [2.45, 2.75) is 44.4 Å². The van der Waals surface area contributed by atoms with Gasteiger partial charge in [0.1, 0.15) is 16.7 Å². The molecule has 0 radical (unpaired) electrons. The van der Waals surface area contributed by atoms with Crippen LogP contribution in [0.1, 0.15) is 37.2 Å². The van der Waals surface area contributed by atoms with Crippen LogP contribution in [0.25, 0.3) is 0 Å². The molecule has 0 atom stereocenters. The molecule has 1 aromatic carbocycles. The Labute approximate surface area is 131 Å². The van der Waals surface area contributed by atoms with Crippen LogP contribution in [0, 0.1) is 6.92 Å². The number of anilines is 1. The van der Waals surface area contributed by atoms with Gasteiger partial charge in [-0.1, -0.05) is 44.2 Å². The van der Waals surface area contributed by atoms with Gasteiger partial charge < -0.3 is 5.32 Å². The van der Waals surface area contributed by atoms with Gasteiger partial charge in [0, 0.05) is 24.3 Å². The lowest BCUT2D eigenvalue weighted by Gasteiger charge is -2.13. The van der Waals surface area contributed by atoms with Crippen molar-refractivity contribution in [3.63, 3.8) is 0 Å². The molecule has 1 heterocycles. The fourth-order valence-corrected chi connectivity index (χ4v) is 2.96. The topological polar surface area (TPSA) is 37.8 Å². The van der Waals surface area contributed by atoms with Crippen LogP contribution in [0.4, 0.5) is 5.82 Å². The van der Waals surface area contributed by atoms with Crippen molar-refractivity contribution in [2.75, 3.05) is 11.9 Å². The molecular weight excluding hydrogens is 278 g/mol. The molecule has 0 amide bonds. The van der Waals surface area contributed by atoms with Crippen LogP contribution < -0.4 is 5.32 Å². The lowest BCUT2D eigenvalue weighted by Crippen LogP contribution is -2.08. The minimum Gasteiger partial charge on any atom is -0.370 e. The third-order valence-electron chi connectivity index (χ3n) is 3.22. The summed E-state index contributed by atoms with van der Waals surface area (Å²) in [5, 5.41) is 4.50. The summed E-state index contributed by atoms with van der Waals surface area (Å²) in [5.74, 6) is 2.84. The molecule has 1 N–H and O–H groups in total. The molecule has 21 heavy (non-hydrogen) atoms. The second-order valence-corrected chi connectivity index (χ2v) is 5.94. The summed E-state index contributed by atoms with van der Waals surface area (Å²) in [7, 11) is 0. The van der Waals surface area contributed by atoms with Gasteiger partial charge in [-0.25, -0.2) is 9.97 Å². The van der Waals surface area contributed by atoms with Gasteiger partial charge in [0.05, 0.1) is 0 Å². The van der Waals surface area contributed by atoms with Crippen molar-refractivity contribution in [2.24, 2.45) is 0 Å². The van der Waals surface area contributed by atoms with Gasteiger partial charge in [0.25, 0.3) is 0 Å². The average molecular weight is 301 g/mol. The smallest absolute Gasteiger partial charge is 0.133 e. The van der Waals surface area contributed by atoms with Crippen LogP contribution in [0.15, 0.2) is 35.4 Å². The van der Waals surface area contributed by atoms with E-state index in [2.05, 4.69) is 60.3 Å². The maximum absolute atomic E-state index is 4.69. The molecule has 1 aromatic heterocycles. The van der Waals surface area contributed by atoms with E-state index in [4.69, 9.17) is 0 Å². The summed E-state index contributed by atoms with van der Waals surface area (Å²) in [4.78, 5) is 9.29. The van der Waals surface area contributed by atoms with Crippen molar-refractivity contribution >= 4 is 17.6 Å². The lowest BCUT2D eigenvalue weighted by molar-refractivity contribution is 0.861. The highest BCUT2D eigenvalue weighted by atomic mass is 32.2. The number of rotatable bonds is 7. The molecule has 0 bridgehead atoms. The van der Waals surface area contributed by atoms with Crippen molar-refractivity contribution in [1.82, 2.24) is 9.97 Å². The van der Waals surface area contributed by atoms with Gasteiger partial charge in [0.2, 0.25) is 0 Å². The Morgan fingerprint density at radius 1 is 1.10 bits per heavy atom.